The molecule has 2 N–H and O–H groups in total. The molecule has 0 aliphatic carbocycles. The highest BCUT2D eigenvalue weighted by Gasteiger charge is 2.14. The summed E-state index contributed by atoms with van der Waals surface area (Å²) < 4.78 is 0.922. The third kappa shape index (κ3) is 4.85. The van der Waals surface area contributed by atoms with Crippen molar-refractivity contribution in [1.82, 2.24) is 4.90 Å². The molecule has 0 saturated carbocycles. The van der Waals surface area contributed by atoms with Crippen LogP contribution in [0.5, 0.6) is 0 Å². The van der Waals surface area contributed by atoms with Crippen molar-refractivity contribution in [2.75, 3.05) is 13.1 Å². The Morgan fingerprint density at radius 1 is 1.22 bits per heavy atom. The molecular weight excluding hydrogens is 302 g/mol. The van der Waals surface area contributed by atoms with Crippen molar-refractivity contribution in [3.8, 4) is 0 Å². The average Bonchev–Trinajstić information content (AvgIpc) is 2.21. The molecule has 1 rings (SSSR count). The molecule has 0 aliphatic heterocycles. The average molecular weight is 316 g/mol. The molecule has 1 aromatic rings. The first-order chi connectivity index (χ1) is 8.38. The van der Waals surface area contributed by atoms with E-state index < -0.39 is 11.9 Å². The standard InChI is InChI=1S/C12H14BrNO4/c1-8-2-3-9(4-10(8)13)5-14(6-11(15)16)7-12(17)18/h2-4H,5-7H2,1H3,(H,15,16)(H,17,18). The normalized spacial score (nSPS) is 10.6. The van der Waals surface area contributed by atoms with E-state index in [4.69, 9.17) is 10.2 Å². The first kappa shape index (κ1) is 14.7. The van der Waals surface area contributed by atoms with Crippen molar-refractivity contribution in [3.05, 3.63) is 33.8 Å². The molecule has 18 heavy (non-hydrogen) atoms. The Labute approximate surface area is 113 Å². The van der Waals surface area contributed by atoms with Gasteiger partial charge in [0.25, 0.3) is 0 Å². The van der Waals surface area contributed by atoms with E-state index in [-0.39, 0.29) is 19.6 Å². The zero-order chi connectivity index (χ0) is 13.7. The molecule has 5 nitrogen and oxygen atoms in total. The molecule has 0 unspecified atom stereocenters. The SMILES string of the molecule is Cc1ccc(CN(CC(=O)O)CC(=O)O)cc1Br. The van der Waals surface area contributed by atoms with E-state index in [1.807, 2.05) is 25.1 Å². The summed E-state index contributed by atoms with van der Waals surface area (Å²) in [6.45, 7) is 1.65. The van der Waals surface area contributed by atoms with Gasteiger partial charge in [-0.2, -0.15) is 0 Å². The molecule has 0 aromatic heterocycles. The van der Waals surface area contributed by atoms with E-state index in [9.17, 15) is 9.59 Å². The highest BCUT2D eigenvalue weighted by atomic mass is 79.9. The smallest absolute Gasteiger partial charge is 0.317 e. The third-order valence-corrected chi connectivity index (χ3v) is 3.21. The maximum absolute atomic E-state index is 10.7. The number of carbonyl (C=O) groups is 2. The van der Waals surface area contributed by atoms with Gasteiger partial charge < -0.3 is 10.2 Å². The van der Waals surface area contributed by atoms with Crippen LogP contribution in [0.15, 0.2) is 22.7 Å². The Morgan fingerprint density at radius 3 is 2.22 bits per heavy atom. The van der Waals surface area contributed by atoms with Gasteiger partial charge in [-0.3, -0.25) is 14.5 Å². The Kier molecular flexibility index (Phi) is 5.30. The molecule has 0 heterocycles. The summed E-state index contributed by atoms with van der Waals surface area (Å²) >= 11 is 3.39. The van der Waals surface area contributed by atoms with E-state index in [2.05, 4.69) is 15.9 Å². The Hall–Kier alpha value is -1.40. The second-order valence-electron chi connectivity index (χ2n) is 4.02. The van der Waals surface area contributed by atoms with Gasteiger partial charge in [-0.1, -0.05) is 28.1 Å². The Morgan fingerprint density at radius 2 is 1.78 bits per heavy atom. The lowest BCUT2D eigenvalue weighted by Crippen LogP contribution is -2.33. The molecule has 98 valence electrons. The molecule has 1 aromatic carbocycles. The van der Waals surface area contributed by atoms with Crippen LogP contribution in [-0.4, -0.2) is 40.1 Å². The Bertz CT molecular complexity index is 445. The van der Waals surface area contributed by atoms with Crippen molar-refractivity contribution in [2.45, 2.75) is 13.5 Å². The number of hydrogen-bond acceptors (Lipinski definition) is 3. The minimum atomic E-state index is -1.04. The monoisotopic (exact) mass is 315 g/mol. The lowest BCUT2D eigenvalue weighted by atomic mass is 10.1. The maximum Gasteiger partial charge on any atom is 0.317 e. The predicted molar refractivity (Wildman–Crippen MR) is 69.4 cm³/mol. The minimum absolute atomic E-state index is 0.289. The highest BCUT2D eigenvalue weighted by molar-refractivity contribution is 9.10. The van der Waals surface area contributed by atoms with Gasteiger partial charge in [0, 0.05) is 11.0 Å². The Balaban J connectivity index is 2.77. The van der Waals surface area contributed by atoms with E-state index in [1.54, 1.807) is 0 Å². The van der Waals surface area contributed by atoms with Gasteiger partial charge in [0.15, 0.2) is 0 Å². The lowest BCUT2D eigenvalue weighted by molar-refractivity contribution is -0.142. The molecule has 0 aliphatic rings. The fourth-order valence-electron chi connectivity index (χ4n) is 1.54. The van der Waals surface area contributed by atoms with Crippen molar-refractivity contribution in [1.29, 1.82) is 0 Å². The van der Waals surface area contributed by atoms with E-state index in [1.165, 1.54) is 4.90 Å². The van der Waals surface area contributed by atoms with Gasteiger partial charge in [0.2, 0.25) is 0 Å². The topological polar surface area (TPSA) is 77.8 Å². The van der Waals surface area contributed by atoms with E-state index in [0.717, 1.165) is 15.6 Å². The zero-order valence-electron chi connectivity index (χ0n) is 9.89. The molecule has 0 amide bonds. The fraction of sp³-hybridized carbons (Fsp3) is 0.333. The van der Waals surface area contributed by atoms with Crippen molar-refractivity contribution >= 4 is 27.9 Å². The molecule has 0 bridgehead atoms. The second-order valence-corrected chi connectivity index (χ2v) is 4.87. The first-order valence-corrected chi connectivity index (χ1v) is 6.08. The van der Waals surface area contributed by atoms with Gasteiger partial charge in [0.05, 0.1) is 13.1 Å². The zero-order valence-corrected chi connectivity index (χ0v) is 11.5. The highest BCUT2D eigenvalue weighted by Crippen LogP contribution is 2.18. The van der Waals surface area contributed by atoms with Crippen LogP contribution in [0.25, 0.3) is 0 Å². The van der Waals surface area contributed by atoms with Crippen LogP contribution in [0.2, 0.25) is 0 Å². The summed E-state index contributed by atoms with van der Waals surface area (Å²) in [7, 11) is 0. The van der Waals surface area contributed by atoms with Crippen molar-refractivity contribution in [3.63, 3.8) is 0 Å². The van der Waals surface area contributed by atoms with E-state index in [0.29, 0.717) is 0 Å². The molecule has 6 heteroatoms. The molecular formula is C12H14BrNO4. The first-order valence-electron chi connectivity index (χ1n) is 5.29. The largest absolute Gasteiger partial charge is 0.480 e. The predicted octanol–water partition coefficient (Wildman–Crippen LogP) is 1.73. The second kappa shape index (κ2) is 6.51. The van der Waals surface area contributed by atoms with Gasteiger partial charge in [0.1, 0.15) is 0 Å². The molecule has 0 saturated heterocycles. The summed E-state index contributed by atoms with van der Waals surface area (Å²) in [6.07, 6.45) is 0. The van der Waals surface area contributed by atoms with Crippen LogP contribution in [0.1, 0.15) is 11.1 Å². The van der Waals surface area contributed by atoms with Crippen LogP contribution in [-0.2, 0) is 16.1 Å². The number of aryl methyl sites for hydroxylation is 1. The van der Waals surface area contributed by atoms with Crippen LogP contribution >= 0.6 is 15.9 Å². The van der Waals surface area contributed by atoms with Crippen molar-refractivity contribution < 1.29 is 19.8 Å². The summed E-state index contributed by atoms with van der Waals surface area (Å²) in [5, 5.41) is 17.5. The van der Waals surface area contributed by atoms with Gasteiger partial charge in [-0.15, -0.1) is 0 Å². The quantitative estimate of drug-likeness (QED) is 0.836. The number of carboxylic acid groups (broad SMARTS) is 2. The number of hydrogen-bond donors (Lipinski definition) is 2. The van der Waals surface area contributed by atoms with Gasteiger partial charge in [-0.25, -0.2) is 0 Å². The summed E-state index contributed by atoms with van der Waals surface area (Å²) in [4.78, 5) is 22.7. The number of rotatable bonds is 6. The van der Waals surface area contributed by atoms with Crippen LogP contribution < -0.4 is 0 Å². The lowest BCUT2D eigenvalue weighted by Gasteiger charge is -2.18. The molecule has 0 atom stereocenters. The van der Waals surface area contributed by atoms with Gasteiger partial charge in [-0.05, 0) is 24.1 Å². The van der Waals surface area contributed by atoms with E-state index >= 15 is 0 Å². The number of benzene rings is 1. The summed E-state index contributed by atoms with van der Waals surface area (Å²) in [5.41, 5.74) is 1.94. The van der Waals surface area contributed by atoms with Crippen molar-refractivity contribution in [2.24, 2.45) is 0 Å². The number of nitrogens with zero attached hydrogens (tertiary/aromatic N) is 1. The molecule has 0 spiro atoms. The fourth-order valence-corrected chi connectivity index (χ4v) is 1.97. The number of carboxylic acids is 2. The van der Waals surface area contributed by atoms with Gasteiger partial charge >= 0.3 is 11.9 Å². The number of halogens is 1. The maximum atomic E-state index is 10.7. The molecule has 0 radical (unpaired) electrons. The summed E-state index contributed by atoms with van der Waals surface area (Å²) in [6, 6.07) is 5.63. The molecule has 0 fully saturated rings. The third-order valence-electron chi connectivity index (χ3n) is 2.36. The van der Waals surface area contributed by atoms with Crippen LogP contribution in [0.3, 0.4) is 0 Å². The minimum Gasteiger partial charge on any atom is -0.480 e. The number of aliphatic carboxylic acids is 2. The van der Waals surface area contributed by atoms with Crippen LogP contribution in [0, 0.1) is 6.92 Å². The summed E-state index contributed by atoms with van der Waals surface area (Å²) in [5.74, 6) is -2.08. The van der Waals surface area contributed by atoms with Crippen LogP contribution in [0.4, 0.5) is 0 Å².